The van der Waals surface area contributed by atoms with Crippen molar-refractivity contribution in [2.24, 2.45) is 0 Å². The molecule has 0 unspecified atom stereocenters. The Bertz CT molecular complexity index is 731. The van der Waals surface area contributed by atoms with E-state index in [1.807, 2.05) is 26.2 Å². The van der Waals surface area contributed by atoms with E-state index in [-0.39, 0.29) is 10.3 Å². The lowest BCUT2D eigenvalue weighted by atomic mass is 9.93. The third-order valence-electron chi connectivity index (χ3n) is 2.94. The summed E-state index contributed by atoms with van der Waals surface area (Å²) in [7, 11) is -1.96. The van der Waals surface area contributed by atoms with Crippen molar-refractivity contribution >= 4 is 32.2 Å². The lowest BCUT2D eigenvalue weighted by molar-refractivity contribution is 0.573. The molecule has 2 rings (SSSR count). The average molecular weight is 325 g/mol. The van der Waals surface area contributed by atoms with E-state index in [0.29, 0.717) is 10.8 Å². The Kier molecular flexibility index (Phi) is 4.25. The van der Waals surface area contributed by atoms with Crippen LogP contribution in [0.15, 0.2) is 34.5 Å². The number of nitrogens with zero attached hydrogens (tertiary/aromatic N) is 1. The molecule has 1 aromatic heterocycles. The van der Waals surface area contributed by atoms with E-state index >= 15 is 0 Å². The van der Waals surface area contributed by atoms with Crippen LogP contribution in [0.2, 0.25) is 0 Å². The fourth-order valence-electron chi connectivity index (χ4n) is 1.74. The van der Waals surface area contributed by atoms with Crippen LogP contribution in [0.25, 0.3) is 0 Å². The predicted molar refractivity (Wildman–Crippen MR) is 87.6 cm³/mol. The monoisotopic (exact) mass is 325 g/mol. The van der Waals surface area contributed by atoms with Crippen molar-refractivity contribution in [2.75, 3.05) is 17.1 Å². The third-order valence-corrected chi connectivity index (χ3v) is 5.22. The van der Waals surface area contributed by atoms with Crippen LogP contribution in [0.5, 0.6) is 0 Å². The van der Waals surface area contributed by atoms with Crippen LogP contribution in [-0.2, 0) is 15.4 Å². The van der Waals surface area contributed by atoms with Crippen molar-refractivity contribution in [1.29, 1.82) is 0 Å². The molecule has 1 aromatic carbocycles. The van der Waals surface area contributed by atoms with Crippen molar-refractivity contribution in [3.63, 3.8) is 0 Å². The van der Waals surface area contributed by atoms with Crippen LogP contribution in [0.4, 0.5) is 10.8 Å². The zero-order valence-corrected chi connectivity index (χ0v) is 14.1. The maximum Gasteiger partial charge on any atom is 0.265 e. The van der Waals surface area contributed by atoms with Gasteiger partial charge < -0.3 is 5.32 Å². The van der Waals surface area contributed by atoms with Crippen LogP contribution < -0.4 is 10.0 Å². The van der Waals surface area contributed by atoms with Crippen LogP contribution in [0, 0.1) is 0 Å². The largest absolute Gasteiger partial charge is 0.387 e. The number of nitrogens with one attached hydrogen (secondary N) is 2. The summed E-state index contributed by atoms with van der Waals surface area (Å²) in [5, 5.41) is 5.14. The van der Waals surface area contributed by atoms with Crippen LogP contribution in [0.1, 0.15) is 26.5 Å². The fraction of sp³-hybridized carbons (Fsp3) is 0.357. The Labute approximate surface area is 129 Å². The highest BCUT2D eigenvalue weighted by Crippen LogP contribution is 2.29. The van der Waals surface area contributed by atoms with E-state index in [1.165, 1.54) is 11.3 Å². The average Bonchev–Trinajstić information content (AvgIpc) is 2.86. The Morgan fingerprint density at radius 3 is 2.43 bits per heavy atom. The zero-order chi connectivity index (χ0) is 15.7. The van der Waals surface area contributed by atoms with Gasteiger partial charge >= 0.3 is 0 Å². The Balaban J connectivity index is 2.32. The minimum absolute atomic E-state index is 0.108. The summed E-state index contributed by atoms with van der Waals surface area (Å²) in [5.41, 5.74) is 1.31. The second-order valence-electron chi connectivity index (χ2n) is 5.64. The molecule has 114 valence electrons. The van der Waals surface area contributed by atoms with Crippen LogP contribution in [-0.4, -0.2) is 20.4 Å². The van der Waals surface area contributed by atoms with Crippen molar-refractivity contribution in [2.45, 2.75) is 31.1 Å². The molecule has 0 saturated heterocycles. The van der Waals surface area contributed by atoms with Crippen molar-refractivity contribution in [1.82, 2.24) is 4.98 Å². The standard InChI is InChI=1S/C14H19N3O2S2/c1-14(2,3)12-9-20-13(16-12)17-21(18,19)11-8-6-5-7-10(11)15-4/h5-9,15H,1-4H3,(H,16,17). The lowest BCUT2D eigenvalue weighted by Crippen LogP contribution is -2.16. The Morgan fingerprint density at radius 1 is 1.19 bits per heavy atom. The number of thiazole rings is 1. The maximum absolute atomic E-state index is 12.5. The first-order chi connectivity index (χ1) is 9.74. The van der Waals surface area contributed by atoms with Gasteiger partial charge in [0.1, 0.15) is 4.90 Å². The van der Waals surface area contributed by atoms with Crippen LogP contribution >= 0.6 is 11.3 Å². The summed E-state index contributed by atoms with van der Waals surface area (Å²) >= 11 is 1.29. The van der Waals surface area contributed by atoms with Crippen molar-refractivity contribution in [3.8, 4) is 0 Å². The molecule has 0 atom stereocenters. The second-order valence-corrected chi connectivity index (χ2v) is 8.15. The minimum atomic E-state index is -3.65. The maximum atomic E-state index is 12.5. The summed E-state index contributed by atoms with van der Waals surface area (Å²) < 4.78 is 27.5. The molecule has 5 nitrogen and oxygen atoms in total. The van der Waals surface area contributed by atoms with E-state index in [2.05, 4.69) is 15.0 Å². The molecular formula is C14H19N3O2S2. The minimum Gasteiger partial charge on any atom is -0.387 e. The first kappa shape index (κ1) is 15.8. The highest BCUT2D eigenvalue weighted by atomic mass is 32.2. The van der Waals surface area contributed by atoms with Gasteiger partial charge in [-0.05, 0) is 12.1 Å². The van der Waals surface area contributed by atoms with Gasteiger partial charge in [-0.1, -0.05) is 32.9 Å². The van der Waals surface area contributed by atoms with Gasteiger partial charge in [-0.2, -0.15) is 0 Å². The quantitative estimate of drug-likeness (QED) is 0.905. The van der Waals surface area contributed by atoms with E-state index in [9.17, 15) is 8.42 Å². The van der Waals surface area contributed by atoms with Gasteiger partial charge in [0.25, 0.3) is 10.0 Å². The highest BCUT2D eigenvalue weighted by Gasteiger charge is 2.22. The molecule has 0 fully saturated rings. The molecular weight excluding hydrogens is 306 g/mol. The van der Waals surface area contributed by atoms with Gasteiger partial charge in [0.2, 0.25) is 0 Å². The normalized spacial score (nSPS) is 12.2. The number of aromatic nitrogens is 1. The Hall–Kier alpha value is -1.60. The smallest absolute Gasteiger partial charge is 0.265 e. The zero-order valence-electron chi connectivity index (χ0n) is 12.5. The molecule has 0 spiro atoms. The van der Waals surface area contributed by atoms with Gasteiger partial charge in [-0.3, -0.25) is 4.72 Å². The number of sulfonamides is 1. The molecule has 0 radical (unpaired) electrons. The van der Waals surface area contributed by atoms with E-state index in [0.717, 1.165) is 5.69 Å². The molecule has 1 heterocycles. The van der Waals surface area contributed by atoms with Gasteiger partial charge in [-0.15, -0.1) is 11.3 Å². The fourth-order valence-corrected chi connectivity index (χ4v) is 4.15. The third kappa shape index (κ3) is 3.54. The van der Waals surface area contributed by atoms with E-state index in [4.69, 9.17) is 0 Å². The molecule has 21 heavy (non-hydrogen) atoms. The second kappa shape index (κ2) is 5.65. The summed E-state index contributed by atoms with van der Waals surface area (Å²) in [6.07, 6.45) is 0. The molecule has 0 saturated carbocycles. The molecule has 7 heteroatoms. The van der Waals surface area contributed by atoms with Gasteiger partial charge in [0.05, 0.1) is 11.4 Å². The number of benzene rings is 1. The lowest BCUT2D eigenvalue weighted by Gasteiger charge is -2.14. The first-order valence-electron chi connectivity index (χ1n) is 6.49. The first-order valence-corrected chi connectivity index (χ1v) is 8.86. The SMILES string of the molecule is CNc1ccccc1S(=O)(=O)Nc1nc(C(C)(C)C)cs1. The summed E-state index contributed by atoms with van der Waals surface area (Å²) in [6, 6.07) is 6.76. The van der Waals surface area contributed by atoms with Gasteiger partial charge in [-0.25, -0.2) is 13.4 Å². The molecule has 0 aliphatic carbocycles. The number of anilines is 2. The number of hydrogen-bond acceptors (Lipinski definition) is 5. The summed E-state index contributed by atoms with van der Waals surface area (Å²) in [5.74, 6) is 0. The summed E-state index contributed by atoms with van der Waals surface area (Å²) in [4.78, 5) is 4.56. The predicted octanol–water partition coefficient (Wildman–Crippen LogP) is 3.28. The molecule has 0 aliphatic heterocycles. The van der Waals surface area contributed by atoms with Crippen molar-refractivity contribution in [3.05, 3.63) is 35.3 Å². The topological polar surface area (TPSA) is 71.1 Å². The van der Waals surface area contributed by atoms with Gasteiger partial charge in [0, 0.05) is 17.8 Å². The molecule has 2 aromatic rings. The number of rotatable bonds is 4. The van der Waals surface area contributed by atoms with Crippen LogP contribution in [0.3, 0.4) is 0 Å². The van der Waals surface area contributed by atoms with Crippen molar-refractivity contribution < 1.29 is 8.42 Å². The molecule has 0 bridgehead atoms. The molecule has 0 amide bonds. The Morgan fingerprint density at radius 2 is 1.86 bits per heavy atom. The number of para-hydroxylation sites is 1. The highest BCUT2D eigenvalue weighted by molar-refractivity contribution is 7.93. The van der Waals surface area contributed by atoms with Gasteiger partial charge in [0.15, 0.2) is 5.13 Å². The van der Waals surface area contributed by atoms with E-state index < -0.39 is 10.0 Å². The molecule has 2 N–H and O–H groups in total. The molecule has 0 aliphatic rings. The number of hydrogen-bond donors (Lipinski definition) is 2. The van der Waals surface area contributed by atoms with E-state index in [1.54, 1.807) is 31.3 Å². The summed E-state index contributed by atoms with van der Waals surface area (Å²) in [6.45, 7) is 6.11.